The number of carbonyl (C=O) groups is 1. The van der Waals surface area contributed by atoms with Crippen LogP contribution in [0.3, 0.4) is 0 Å². The van der Waals surface area contributed by atoms with E-state index in [4.69, 9.17) is 4.74 Å². The number of carbonyl (C=O) groups excluding carboxylic acids is 1. The maximum atomic E-state index is 12.8. The smallest absolute Gasteiger partial charge is 0.263 e. The highest BCUT2D eigenvalue weighted by molar-refractivity contribution is 5.81. The molecule has 25 heavy (non-hydrogen) atoms. The molecule has 1 saturated heterocycles. The summed E-state index contributed by atoms with van der Waals surface area (Å²) in [7, 11) is 0. The standard InChI is InChI=1S/C21H26N2O2/c1-3-20(25-19-11-7-8-17(2)16-19)21(24)23-14-12-22(13-15-23)18-9-5-4-6-10-18/h4-11,16,20H,3,12-15H2,1-2H3/t20-/m1/s1. The summed E-state index contributed by atoms with van der Waals surface area (Å²) >= 11 is 0. The van der Waals surface area contributed by atoms with E-state index in [2.05, 4.69) is 29.2 Å². The van der Waals surface area contributed by atoms with Crippen molar-refractivity contribution in [2.75, 3.05) is 31.1 Å². The highest BCUT2D eigenvalue weighted by Gasteiger charge is 2.27. The largest absolute Gasteiger partial charge is 0.481 e. The van der Waals surface area contributed by atoms with E-state index >= 15 is 0 Å². The van der Waals surface area contributed by atoms with Gasteiger partial charge in [-0.3, -0.25) is 4.79 Å². The highest BCUT2D eigenvalue weighted by atomic mass is 16.5. The number of piperazine rings is 1. The normalized spacial score (nSPS) is 15.8. The lowest BCUT2D eigenvalue weighted by Gasteiger charge is -2.37. The third-order valence-electron chi connectivity index (χ3n) is 4.63. The number of para-hydroxylation sites is 1. The summed E-state index contributed by atoms with van der Waals surface area (Å²) in [5.74, 6) is 0.861. The van der Waals surface area contributed by atoms with E-state index in [0.29, 0.717) is 6.42 Å². The fourth-order valence-electron chi connectivity index (χ4n) is 3.19. The zero-order valence-electron chi connectivity index (χ0n) is 15.0. The van der Waals surface area contributed by atoms with Crippen LogP contribution in [0.5, 0.6) is 5.75 Å². The molecule has 0 aromatic heterocycles. The lowest BCUT2D eigenvalue weighted by molar-refractivity contribution is -0.139. The van der Waals surface area contributed by atoms with Crippen molar-refractivity contribution >= 4 is 11.6 Å². The Kier molecular flexibility index (Phi) is 5.59. The Morgan fingerprint density at radius 1 is 1.04 bits per heavy atom. The predicted molar refractivity (Wildman–Crippen MR) is 101 cm³/mol. The van der Waals surface area contributed by atoms with Gasteiger partial charge >= 0.3 is 0 Å². The zero-order chi connectivity index (χ0) is 17.6. The molecule has 1 amide bonds. The lowest BCUT2D eigenvalue weighted by atomic mass is 10.2. The number of rotatable bonds is 5. The molecule has 1 heterocycles. The Morgan fingerprint density at radius 3 is 2.40 bits per heavy atom. The molecule has 1 fully saturated rings. The van der Waals surface area contributed by atoms with Crippen molar-refractivity contribution in [3.05, 3.63) is 60.2 Å². The molecule has 4 heteroatoms. The Labute approximate surface area is 150 Å². The van der Waals surface area contributed by atoms with Crippen LogP contribution in [0.15, 0.2) is 54.6 Å². The molecule has 0 spiro atoms. The monoisotopic (exact) mass is 338 g/mol. The second-order valence-corrected chi connectivity index (χ2v) is 6.48. The third kappa shape index (κ3) is 4.32. The number of ether oxygens (including phenoxy) is 1. The van der Waals surface area contributed by atoms with Crippen LogP contribution < -0.4 is 9.64 Å². The first kappa shape index (κ1) is 17.3. The number of nitrogens with zero attached hydrogens (tertiary/aromatic N) is 2. The van der Waals surface area contributed by atoms with Crippen LogP contribution in [-0.2, 0) is 4.79 Å². The summed E-state index contributed by atoms with van der Waals surface area (Å²) in [5, 5.41) is 0. The maximum Gasteiger partial charge on any atom is 0.263 e. The van der Waals surface area contributed by atoms with E-state index in [1.165, 1.54) is 5.69 Å². The minimum atomic E-state index is -0.412. The van der Waals surface area contributed by atoms with Gasteiger partial charge in [0.2, 0.25) is 0 Å². The van der Waals surface area contributed by atoms with Crippen molar-refractivity contribution in [2.24, 2.45) is 0 Å². The lowest BCUT2D eigenvalue weighted by Crippen LogP contribution is -2.52. The van der Waals surface area contributed by atoms with Gasteiger partial charge in [-0.1, -0.05) is 37.3 Å². The van der Waals surface area contributed by atoms with Gasteiger partial charge in [-0.2, -0.15) is 0 Å². The van der Waals surface area contributed by atoms with Crippen molar-refractivity contribution in [3.63, 3.8) is 0 Å². The zero-order valence-corrected chi connectivity index (χ0v) is 15.0. The minimum absolute atomic E-state index is 0.0942. The Balaban J connectivity index is 1.59. The Bertz CT molecular complexity index is 694. The molecule has 132 valence electrons. The average Bonchev–Trinajstić information content (AvgIpc) is 2.66. The van der Waals surface area contributed by atoms with Gasteiger partial charge in [0.05, 0.1) is 0 Å². The first-order valence-corrected chi connectivity index (χ1v) is 8.99. The Hall–Kier alpha value is -2.49. The van der Waals surface area contributed by atoms with Crippen LogP contribution >= 0.6 is 0 Å². The van der Waals surface area contributed by atoms with Gasteiger partial charge in [-0.25, -0.2) is 0 Å². The maximum absolute atomic E-state index is 12.8. The molecule has 2 aromatic rings. The Morgan fingerprint density at radius 2 is 1.76 bits per heavy atom. The molecule has 3 rings (SSSR count). The first-order chi connectivity index (χ1) is 12.2. The van der Waals surface area contributed by atoms with Crippen molar-refractivity contribution in [1.29, 1.82) is 0 Å². The summed E-state index contributed by atoms with van der Waals surface area (Å²) in [6, 6.07) is 18.2. The van der Waals surface area contributed by atoms with Crippen molar-refractivity contribution in [2.45, 2.75) is 26.4 Å². The third-order valence-corrected chi connectivity index (χ3v) is 4.63. The summed E-state index contributed by atoms with van der Waals surface area (Å²) in [6.07, 6.45) is 0.260. The van der Waals surface area contributed by atoms with Gasteiger partial charge in [-0.15, -0.1) is 0 Å². The van der Waals surface area contributed by atoms with E-state index in [1.54, 1.807) is 0 Å². The van der Waals surface area contributed by atoms with Crippen LogP contribution in [0.4, 0.5) is 5.69 Å². The molecule has 1 aliphatic rings. The van der Waals surface area contributed by atoms with Crippen molar-refractivity contribution in [3.8, 4) is 5.75 Å². The highest BCUT2D eigenvalue weighted by Crippen LogP contribution is 2.19. The summed E-state index contributed by atoms with van der Waals surface area (Å²) in [6.45, 7) is 7.22. The van der Waals surface area contributed by atoms with E-state index in [9.17, 15) is 4.79 Å². The molecule has 0 radical (unpaired) electrons. The van der Waals surface area contributed by atoms with Crippen molar-refractivity contribution in [1.82, 2.24) is 4.90 Å². The van der Waals surface area contributed by atoms with E-state index in [1.807, 2.05) is 49.1 Å². The van der Waals surface area contributed by atoms with Gasteiger partial charge in [0.1, 0.15) is 5.75 Å². The number of hydrogen-bond acceptors (Lipinski definition) is 3. The molecule has 0 bridgehead atoms. The molecule has 2 aromatic carbocycles. The number of anilines is 1. The minimum Gasteiger partial charge on any atom is -0.481 e. The topological polar surface area (TPSA) is 32.8 Å². The second kappa shape index (κ2) is 8.06. The molecular formula is C21H26N2O2. The van der Waals surface area contributed by atoms with Crippen molar-refractivity contribution < 1.29 is 9.53 Å². The van der Waals surface area contributed by atoms with Gasteiger partial charge in [0.25, 0.3) is 5.91 Å². The van der Waals surface area contributed by atoms with E-state index in [0.717, 1.165) is 37.5 Å². The van der Waals surface area contributed by atoms with Gasteiger partial charge < -0.3 is 14.5 Å². The molecule has 0 unspecified atom stereocenters. The fourth-order valence-corrected chi connectivity index (χ4v) is 3.19. The molecule has 1 atom stereocenters. The molecule has 0 aliphatic carbocycles. The van der Waals surface area contributed by atoms with E-state index in [-0.39, 0.29) is 5.91 Å². The molecule has 1 aliphatic heterocycles. The number of amides is 1. The van der Waals surface area contributed by atoms with Gasteiger partial charge in [0.15, 0.2) is 6.10 Å². The average molecular weight is 338 g/mol. The SMILES string of the molecule is CC[C@@H](Oc1cccc(C)c1)C(=O)N1CCN(c2ccccc2)CC1. The van der Waals surface area contributed by atoms with Gasteiger partial charge in [0, 0.05) is 31.9 Å². The van der Waals surface area contributed by atoms with Crippen LogP contribution in [0.25, 0.3) is 0 Å². The quantitative estimate of drug-likeness (QED) is 0.836. The summed E-state index contributed by atoms with van der Waals surface area (Å²) in [4.78, 5) is 17.1. The number of benzene rings is 2. The van der Waals surface area contributed by atoms with Crippen LogP contribution in [0, 0.1) is 6.92 Å². The van der Waals surface area contributed by atoms with Crippen LogP contribution in [0.1, 0.15) is 18.9 Å². The molecular weight excluding hydrogens is 312 g/mol. The summed E-state index contributed by atoms with van der Waals surface area (Å²) in [5.41, 5.74) is 2.36. The predicted octanol–water partition coefficient (Wildman–Crippen LogP) is 3.50. The number of hydrogen-bond donors (Lipinski definition) is 0. The fraction of sp³-hybridized carbons (Fsp3) is 0.381. The number of aryl methyl sites for hydroxylation is 1. The molecule has 0 N–H and O–H groups in total. The van der Waals surface area contributed by atoms with Crippen LogP contribution in [-0.4, -0.2) is 43.1 Å². The second-order valence-electron chi connectivity index (χ2n) is 6.48. The molecule has 4 nitrogen and oxygen atoms in total. The van der Waals surface area contributed by atoms with E-state index < -0.39 is 6.10 Å². The first-order valence-electron chi connectivity index (χ1n) is 8.99. The molecule has 0 saturated carbocycles. The van der Waals surface area contributed by atoms with Gasteiger partial charge in [-0.05, 0) is 43.2 Å². The summed E-state index contributed by atoms with van der Waals surface area (Å²) < 4.78 is 5.97. The van der Waals surface area contributed by atoms with Crippen LogP contribution in [0.2, 0.25) is 0 Å².